The third-order valence-corrected chi connectivity index (χ3v) is 3.74. The number of hydrogen-bond acceptors (Lipinski definition) is 5. The summed E-state index contributed by atoms with van der Waals surface area (Å²) in [4.78, 5) is 37.1. The van der Waals surface area contributed by atoms with Crippen LogP contribution >= 0.6 is 0 Å². The number of carbonyl (C=O) groups is 3. The van der Waals surface area contributed by atoms with Gasteiger partial charge in [0.1, 0.15) is 11.5 Å². The Morgan fingerprint density at radius 1 is 0.958 bits per heavy atom. The molecule has 1 aliphatic heterocycles. The Morgan fingerprint density at radius 2 is 1.54 bits per heavy atom. The molecule has 3 rings (SSSR count). The maximum absolute atomic E-state index is 12.7. The number of ether oxygens (including phenoxy) is 2. The van der Waals surface area contributed by atoms with Crippen molar-refractivity contribution in [2.45, 2.75) is 5.92 Å². The van der Waals surface area contributed by atoms with Gasteiger partial charge in [0, 0.05) is 0 Å². The fourth-order valence-corrected chi connectivity index (χ4v) is 2.60. The number of benzene rings is 2. The lowest BCUT2D eigenvalue weighted by atomic mass is 9.93. The van der Waals surface area contributed by atoms with Crippen molar-refractivity contribution in [3.63, 3.8) is 0 Å². The van der Waals surface area contributed by atoms with Crippen molar-refractivity contribution in [2.24, 2.45) is 0 Å². The highest BCUT2D eigenvalue weighted by Crippen LogP contribution is 2.34. The van der Waals surface area contributed by atoms with Crippen LogP contribution < -0.4 is 0 Å². The van der Waals surface area contributed by atoms with Gasteiger partial charge in [0.05, 0.1) is 7.11 Å². The first-order valence-electron chi connectivity index (χ1n) is 7.32. The van der Waals surface area contributed by atoms with E-state index in [1.807, 2.05) is 0 Å². The normalized spacial score (nSPS) is 19.0. The average Bonchev–Trinajstić information content (AvgIpc) is 2.91. The summed E-state index contributed by atoms with van der Waals surface area (Å²) in [6, 6.07) is 17.1. The van der Waals surface area contributed by atoms with E-state index < -0.39 is 23.6 Å². The summed E-state index contributed by atoms with van der Waals surface area (Å²) in [5.74, 6) is -3.31. The van der Waals surface area contributed by atoms with Crippen LogP contribution in [0.1, 0.15) is 17.0 Å². The van der Waals surface area contributed by atoms with Gasteiger partial charge >= 0.3 is 11.9 Å². The zero-order valence-electron chi connectivity index (χ0n) is 12.9. The van der Waals surface area contributed by atoms with Gasteiger partial charge in [0.2, 0.25) is 5.78 Å². The molecule has 0 N–H and O–H groups in total. The standard InChI is InChI=1S/C19H14O5/c1-23-18(21)15(13-10-6-3-7-11-13)17-16(20)14(19(22)24-17)12-8-4-2-5-9-12/h2-11,14H,1H3/b17-15+. The molecule has 1 fully saturated rings. The molecule has 2 aromatic carbocycles. The molecule has 0 saturated carbocycles. The maximum atomic E-state index is 12.7. The summed E-state index contributed by atoms with van der Waals surface area (Å²) in [7, 11) is 1.21. The number of Topliss-reactive ketones (excluding diaryl/α,β-unsaturated/α-hetero) is 1. The van der Waals surface area contributed by atoms with E-state index in [2.05, 4.69) is 0 Å². The molecule has 1 atom stereocenters. The molecule has 1 saturated heterocycles. The first-order valence-corrected chi connectivity index (χ1v) is 7.32. The Labute approximate surface area is 138 Å². The minimum Gasteiger partial charge on any atom is -0.465 e. The Bertz CT molecular complexity index is 821. The minimum absolute atomic E-state index is 0.0464. The lowest BCUT2D eigenvalue weighted by Gasteiger charge is -2.07. The fourth-order valence-electron chi connectivity index (χ4n) is 2.60. The van der Waals surface area contributed by atoms with Crippen molar-refractivity contribution in [2.75, 3.05) is 7.11 Å². The predicted molar refractivity (Wildman–Crippen MR) is 85.7 cm³/mol. The molecule has 1 heterocycles. The minimum atomic E-state index is -1.07. The number of ketones is 1. The zero-order chi connectivity index (χ0) is 17.1. The van der Waals surface area contributed by atoms with Crippen LogP contribution in [0.2, 0.25) is 0 Å². The number of methoxy groups -OCH3 is 1. The molecular weight excluding hydrogens is 308 g/mol. The summed E-state index contributed by atoms with van der Waals surface area (Å²) in [6.07, 6.45) is 0. The Morgan fingerprint density at radius 3 is 2.12 bits per heavy atom. The van der Waals surface area contributed by atoms with E-state index in [4.69, 9.17) is 9.47 Å². The van der Waals surface area contributed by atoms with Crippen LogP contribution in [0.3, 0.4) is 0 Å². The van der Waals surface area contributed by atoms with E-state index in [-0.39, 0.29) is 11.3 Å². The number of cyclic esters (lactones) is 1. The molecule has 1 unspecified atom stereocenters. The molecule has 0 spiro atoms. The van der Waals surface area contributed by atoms with Crippen molar-refractivity contribution in [3.05, 3.63) is 77.5 Å². The quantitative estimate of drug-likeness (QED) is 0.493. The Balaban J connectivity index is 2.12. The summed E-state index contributed by atoms with van der Waals surface area (Å²) in [6.45, 7) is 0. The van der Waals surface area contributed by atoms with Crippen LogP contribution in [-0.4, -0.2) is 24.8 Å². The summed E-state index contributed by atoms with van der Waals surface area (Å²) in [5.41, 5.74) is 0.934. The zero-order valence-corrected chi connectivity index (χ0v) is 12.9. The first-order chi connectivity index (χ1) is 11.6. The summed E-state index contributed by atoms with van der Waals surface area (Å²) >= 11 is 0. The molecule has 2 aromatic rings. The Hall–Kier alpha value is -3.21. The van der Waals surface area contributed by atoms with Crippen molar-refractivity contribution in [1.82, 2.24) is 0 Å². The molecule has 0 aromatic heterocycles. The van der Waals surface area contributed by atoms with Gasteiger partial charge in [-0.1, -0.05) is 60.7 Å². The monoisotopic (exact) mass is 322 g/mol. The molecular formula is C19H14O5. The number of carbonyl (C=O) groups excluding carboxylic acids is 3. The van der Waals surface area contributed by atoms with E-state index >= 15 is 0 Å². The van der Waals surface area contributed by atoms with Crippen molar-refractivity contribution >= 4 is 23.3 Å². The molecule has 1 aliphatic rings. The third kappa shape index (κ3) is 2.72. The van der Waals surface area contributed by atoms with Crippen molar-refractivity contribution in [3.8, 4) is 0 Å². The van der Waals surface area contributed by atoms with Crippen LogP contribution in [0, 0.1) is 0 Å². The van der Waals surface area contributed by atoms with Gasteiger partial charge in [0.25, 0.3) is 0 Å². The highest BCUT2D eigenvalue weighted by atomic mass is 16.6. The Kier molecular flexibility index (Phi) is 4.24. The first kappa shape index (κ1) is 15.7. The van der Waals surface area contributed by atoms with Gasteiger partial charge in [-0.25, -0.2) is 4.79 Å². The molecule has 0 aliphatic carbocycles. The number of allylic oxidation sites excluding steroid dienone is 1. The molecule has 0 radical (unpaired) electrons. The van der Waals surface area contributed by atoms with Gasteiger partial charge in [-0.3, -0.25) is 9.59 Å². The fraction of sp³-hybridized carbons (Fsp3) is 0.105. The van der Waals surface area contributed by atoms with E-state index in [1.165, 1.54) is 7.11 Å². The molecule has 120 valence electrons. The van der Waals surface area contributed by atoms with Crippen LogP contribution in [0.15, 0.2) is 66.4 Å². The van der Waals surface area contributed by atoms with Gasteiger partial charge < -0.3 is 9.47 Å². The highest BCUT2D eigenvalue weighted by Gasteiger charge is 2.44. The van der Waals surface area contributed by atoms with E-state index in [1.54, 1.807) is 60.7 Å². The second-order valence-corrected chi connectivity index (χ2v) is 5.19. The molecule has 5 heteroatoms. The summed E-state index contributed by atoms with van der Waals surface area (Å²) in [5, 5.41) is 0. The van der Waals surface area contributed by atoms with Crippen LogP contribution in [0.5, 0.6) is 0 Å². The van der Waals surface area contributed by atoms with Crippen LogP contribution in [-0.2, 0) is 23.9 Å². The van der Waals surface area contributed by atoms with Gasteiger partial charge in [-0.15, -0.1) is 0 Å². The van der Waals surface area contributed by atoms with Gasteiger partial charge in [0.15, 0.2) is 5.76 Å². The lowest BCUT2D eigenvalue weighted by Crippen LogP contribution is -2.14. The van der Waals surface area contributed by atoms with E-state index in [9.17, 15) is 14.4 Å². The molecule has 5 nitrogen and oxygen atoms in total. The summed E-state index contributed by atoms with van der Waals surface area (Å²) < 4.78 is 9.93. The highest BCUT2D eigenvalue weighted by molar-refractivity contribution is 6.29. The second-order valence-electron chi connectivity index (χ2n) is 5.19. The van der Waals surface area contributed by atoms with E-state index in [0.717, 1.165) is 0 Å². The van der Waals surface area contributed by atoms with Crippen molar-refractivity contribution in [1.29, 1.82) is 0 Å². The molecule has 0 bridgehead atoms. The largest absolute Gasteiger partial charge is 0.465 e. The van der Waals surface area contributed by atoms with Gasteiger partial charge in [-0.2, -0.15) is 0 Å². The topological polar surface area (TPSA) is 69.7 Å². The van der Waals surface area contributed by atoms with Crippen LogP contribution in [0.25, 0.3) is 5.57 Å². The molecule has 24 heavy (non-hydrogen) atoms. The van der Waals surface area contributed by atoms with E-state index in [0.29, 0.717) is 11.1 Å². The predicted octanol–water partition coefficient (Wildman–Crippen LogP) is 2.48. The number of rotatable bonds is 3. The lowest BCUT2D eigenvalue weighted by molar-refractivity contribution is -0.137. The van der Waals surface area contributed by atoms with Crippen molar-refractivity contribution < 1.29 is 23.9 Å². The smallest absolute Gasteiger partial charge is 0.342 e. The number of hydrogen-bond donors (Lipinski definition) is 0. The second kappa shape index (κ2) is 6.50. The third-order valence-electron chi connectivity index (χ3n) is 3.74. The van der Waals surface area contributed by atoms with Crippen LogP contribution in [0.4, 0.5) is 0 Å². The number of esters is 2. The maximum Gasteiger partial charge on any atom is 0.342 e. The SMILES string of the molecule is COC(=O)/C(=C1/OC(=O)C(c2ccccc2)C1=O)c1ccccc1. The average molecular weight is 322 g/mol. The van der Waals surface area contributed by atoms with Gasteiger partial charge in [-0.05, 0) is 11.1 Å². The molecule has 0 amide bonds.